The molecule has 0 saturated carbocycles. The molecule has 0 bridgehead atoms. The van der Waals surface area contributed by atoms with Gasteiger partial charge in [0.2, 0.25) is 0 Å². The van der Waals surface area contributed by atoms with Crippen LogP contribution in [0.1, 0.15) is 5.69 Å². The highest BCUT2D eigenvalue weighted by atomic mass is 127. The molecule has 0 spiro atoms. The van der Waals surface area contributed by atoms with Gasteiger partial charge in [-0.1, -0.05) is 5.16 Å². The Labute approximate surface area is 97.4 Å². The van der Waals surface area contributed by atoms with E-state index in [0.29, 0.717) is 0 Å². The van der Waals surface area contributed by atoms with E-state index in [0.717, 1.165) is 42.2 Å². The number of rotatable bonds is 2. The topological polar surface area (TPSA) is 32.5 Å². The lowest BCUT2D eigenvalue weighted by atomic mass is 10.3. The van der Waals surface area contributed by atoms with Gasteiger partial charge in [0.25, 0.3) is 0 Å². The predicted octanol–water partition coefficient (Wildman–Crippen LogP) is 1.03. The molecule has 0 aliphatic carbocycles. The van der Waals surface area contributed by atoms with Crippen molar-refractivity contribution in [1.82, 2.24) is 15.0 Å². The molecule has 0 aromatic carbocycles. The second-order valence-electron chi connectivity index (χ2n) is 3.70. The van der Waals surface area contributed by atoms with E-state index in [-0.39, 0.29) is 0 Å². The summed E-state index contributed by atoms with van der Waals surface area (Å²) in [6, 6.07) is 2.00. The van der Waals surface area contributed by atoms with E-state index < -0.39 is 0 Å². The van der Waals surface area contributed by atoms with Crippen LogP contribution in [0.5, 0.6) is 0 Å². The van der Waals surface area contributed by atoms with Crippen LogP contribution in [0.4, 0.5) is 0 Å². The first-order chi connectivity index (χ1) is 6.74. The second-order valence-corrected chi connectivity index (χ2v) is 4.76. The summed E-state index contributed by atoms with van der Waals surface area (Å²) in [7, 11) is 2.16. The minimum Gasteiger partial charge on any atom is -0.350 e. The minimum atomic E-state index is 0.867. The molecule has 2 rings (SSSR count). The maximum atomic E-state index is 5.03. The highest BCUT2D eigenvalue weighted by Crippen LogP contribution is 2.10. The third-order valence-electron chi connectivity index (χ3n) is 2.51. The van der Waals surface area contributed by atoms with Crippen LogP contribution in [-0.4, -0.2) is 48.2 Å². The first-order valence-electron chi connectivity index (χ1n) is 4.76. The third-order valence-corrected chi connectivity index (χ3v) is 3.02. The maximum Gasteiger partial charge on any atom is 0.196 e. The van der Waals surface area contributed by atoms with Crippen molar-refractivity contribution < 1.29 is 4.52 Å². The number of hydrogen-bond donors (Lipinski definition) is 0. The van der Waals surface area contributed by atoms with Crippen LogP contribution in [0, 0.1) is 3.77 Å². The van der Waals surface area contributed by atoms with Crippen molar-refractivity contribution in [3.05, 3.63) is 15.5 Å². The fourth-order valence-corrected chi connectivity index (χ4v) is 2.05. The molecular formula is C9H14IN3O. The Morgan fingerprint density at radius 3 is 2.71 bits per heavy atom. The summed E-state index contributed by atoms with van der Waals surface area (Å²) in [5, 5.41) is 3.99. The van der Waals surface area contributed by atoms with Crippen molar-refractivity contribution in [2.75, 3.05) is 33.2 Å². The van der Waals surface area contributed by atoms with Crippen LogP contribution in [-0.2, 0) is 6.54 Å². The Bertz CT molecular complexity index is 294. The Balaban J connectivity index is 1.86. The molecular weight excluding hydrogens is 293 g/mol. The van der Waals surface area contributed by atoms with E-state index >= 15 is 0 Å². The largest absolute Gasteiger partial charge is 0.350 e. The molecule has 0 unspecified atom stereocenters. The van der Waals surface area contributed by atoms with E-state index in [1.165, 1.54) is 0 Å². The number of aromatic nitrogens is 1. The van der Waals surface area contributed by atoms with Crippen LogP contribution in [0.25, 0.3) is 0 Å². The van der Waals surface area contributed by atoms with Crippen molar-refractivity contribution in [3.8, 4) is 0 Å². The van der Waals surface area contributed by atoms with Crippen molar-refractivity contribution in [3.63, 3.8) is 0 Å². The zero-order valence-corrected chi connectivity index (χ0v) is 10.4. The maximum absolute atomic E-state index is 5.03. The summed E-state index contributed by atoms with van der Waals surface area (Å²) in [4.78, 5) is 4.76. The molecule has 1 aromatic heterocycles. The van der Waals surface area contributed by atoms with Gasteiger partial charge in [-0.05, 0) is 7.05 Å². The van der Waals surface area contributed by atoms with E-state index in [1.807, 2.05) is 6.07 Å². The van der Waals surface area contributed by atoms with E-state index in [1.54, 1.807) is 0 Å². The van der Waals surface area contributed by atoms with Crippen molar-refractivity contribution >= 4 is 22.6 Å². The van der Waals surface area contributed by atoms with Crippen molar-refractivity contribution in [2.24, 2.45) is 0 Å². The Hall–Kier alpha value is -0.140. The Kier molecular flexibility index (Phi) is 3.40. The lowest BCUT2D eigenvalue weighted by molar-refractivity contribution is 0.145. The second kappa shape index (κ2) is 4.59. The first-order valence-corrected chi connectivity index (χ1v) is 5.84. The number of hydrogen-bond acceptors (Lipinski definition) is 4. The van der Waals surface area contributed by atoms with Gasteiger partial charge in [0.15, 0.2) is 3.77 Å². The summed E-state index contributed by atoms with van der Waals surface area (Å²) >= 11 is 2.14. The monoisotopic (exact) mass is 307 g/mol. The van der Waals surface area contributed by atoms with Gasteiger partial charge in [0.1, 0.15) is 0 Å². The predicted molar refractivity (Wildman–Crippen MR) is 62.0 cm³/mol. The minimum absolute atomic E-state index is 0.867. The zero-order chi connectivity index (χ0) is 9.97. The Morgan fingerprint density at radius 2 is 2.14 bits per heavy atom. The molecule has 0 radical (unpaired) electrons. The van der Waals surface area contributed by atoms with Crippen LogP contribution in [0.15, 0.2) is 10.6 Å². The molecule has 2 heterocycles. The summed E-state index contributed by atoms with van der Waals surface area (Å²) in [6.45, 7) is 5.46. The molecule has 4 nitrogen and oxygen atoms in total. The molecule has 1 fully saturated rings. The normalized spacial score (nSPS) is 20.1. The third kappa shape index (κ3) is 2.68. The molecule has 14 heavy (non-hydrogen) atoms. The molecule has 0 amide bonds. The van der Waals surface area contributed by atoms with Crippen LogP contribution in [0.3, 0.4) is 0 Å². The highest BCUT2D eigenvalue weighted by molar-refractivity contribution is 14.1. The number of nitrogens with zero attached hydrogens (tertiary/aromatic N) is 3. The fraction of sp³-hybridized carbons (Fsp3) is 0.667. The molecule has 0 atom stereocenters. The lowest BCUT2D eigenvalue weighted by Gasteiger charge is -2.31. The molecule has 1 aliphatic heterocycles. The van der Waals surface area contributed by atoms with Crippen molar-refractivity contribution in [2.45, 2.75) is 6.54 Å². The van der Waals surface area contributed by atoms with Gasteiger partial charge in [0, 0.05) is 61.4 Å². The van der Waals surface area contributed by atoms with Gasteiger partial charge in [-0.3, -0.25) is 4.90 Å². The quantitative estimate of drug-likeness (QED) is 0.764. The van der Waals surface area contributed by atoms with Crippen LogP contribution >= 0.6 is 22.6 Å². The highest BCUT2D eigenvalue weighted by Gasteiger charge is 2.15. The van der Waals surface area contributed by atoms with Gasteiger partial charge < -0.3 is 9.42 Å². The molecule has 78 valence electrons. The standard InChI is InChI=1S/C9H14IN3O/c1-12-2-4-13(5-3-12)7-8-6-9(10)14-11-8/h6H,2-5,7H2,1H3. The van der Waals surface area contributed by atoms with Gasteiger partial charge in [0.05, 0.1) is 5.69 Å². The Morgan fingerprint density at radius 1 is 1.43 bits per heavy atom. The molecule has 1 aliphatic rings. The van der Waals surface area contributed by atoms with E-state index in [9.17, 15) is 0 Å². The van der Waals surface area contributed by atoms with Crippen LogP contribution in [0.2, 0.25) is 0 Å². The first kappa shape index (κ1) is 10.4. The fourth-order valence-electron chi connectivity index (χ4n) is 1.60. The van der Waals surface area contributed by atoms with Gasteiger partial charge in [-0.25, -0.2) is 0 Å². The number of piperazine rings is 1. The summed E-state index contributed by atoms with van der Waals surface area (Å²) in [6.07, 6.45) is 0. The summed E-state index contributed by atoms with van der Waals surface area (Å²) < 4.78 is 5.89. The molecule has 0 N–H and O–H groups in total. The summed E-state index contributed by atoms with van der Waals surface area (Å²) in [5.41, 5.74) is 1.04. The molecule has 5 heteroatoms. The average Bonchev–Trinajstić information content (AvgIpc) is 2.56. The van der Waals surface area contributed by atoms with Crippen molar-refractivity contribution in [1.29, 1.82) is 0 Å². The smallest absolute Gasteiger partial charge is 0.196 e. The van der Waals surface area contributed by atoms with Crippen LogP contribution < -0.4 is 0 Å². The SMILES string of the molecule is CN1CCN(Cc2cc(I)on2)CC1. The molecule has 1 aromatic rings. The lowest BCUT2D eigenvalue weighted by Crippen LogP contribution is -2.43. The number of halogens is 1. The van der Waals surface area contributed by atoms with Gasteiger partial charge >= 0.3 is 0 Å². The van der Waals surface area contributed by atoms with Gasteiger partial charge in [-0.2, -0.15) is 0 Å². The summed E-state index contributed by atoms with van der Waals surface area (Å²) in [5.74, 6) is 0. The molecule has 1 saturated heterocycles. The average molecular weight is 307 g/mol. The van der Waals surface area contributed by atoms with E-state index in [2.05, 4.69) is 44.6 Å². The number of likely N-dealkylation sites (N-methyl/N-ethyl adjacent to an activating group) is 1. The van der Waals surface area contributed by atoms with Gasteiger partial charge in [-0.15, -0.1) is 0 Å². The zero-order valence-electron chi connectivity index (χ0n) is 8.24. The van der Waals surface area contributed by atoms with E-state index in [4.69, 9.17) is 4.52 Å².